The van der Waals surface area contributed by atoms with E-state index in [1.165, 1.54) is 0 Å². The number of nitriles is 1. The van der Waals surface area contributed by atoms with Crippen molar-refractivity contribution in [2.75, 3.05) is 5.32 Å². The fraction of sp³-hybridized carbons (Fsp3) is 0.143. The molecular formula is C14H13N5. The van der Waals surface area contributed by atoms with Crippen molar-refractivity contribution in [2.45, 2.75) is 6.54 Å². The zero-order valence-electron chi connectivity index (χ0n) is 10.5. The topological polar surface area (TPSA) is 69.4 Å². The molecular weight excluding hydrogens is 238 g/mol. The molecule has 3 aromatic rings. The number of fused-ring (bicyclic) bond motifs is 1. The smallest absolute Gasteiger partial charge is 0.120 e. The van der Waals surface area contributed by atoms with Crippen molar-refractivity contribution in [1.82, 2.24) is 14.8 Å². The van der Waals surface area contributed by atoms with Crippen LogP contribution >= 0.6 is 0 Å². The number of anilines is 1. The Balaban J connectivity index is 1.82. The SMILES string of the molecule is Cn1cc(CNc2cccc3[nH]ncc23)cc1C#N. The van der Waals surface area contributed by atoms with E-state index in [0.29, 0.717) is 12.2 Å². The van der Waals surface area contributed by atoms with E-state index >= 15 is 0 Å². The average Bonchev–Trinajstić information content (AvgIpc) is 3.02. The predicted molar refractivity (Wildman–Crippen MR) is 73.5 cm³/mol. The first kappa shape index (κ1) is 11.4. The van der Waals surface area contributed by atoms with Gasteiger partial charge in [0.15, 0.2) is 0 Å². The zero-order valence-corrected chi connectivity index (χ0v) is 10.5. The minimum atomic E-state index is 0.665. The third kappa shape index (κ3) is 2.04. The van der Waals surface area contributed by atoms with Crippen LogP contribution in [0.3, 0.4) is 0 Å². The molecule has 19 heavy (non-hydrogen) atoms. The number of aromatic amines is 1. The Kier molecular flexibility index (Phi) is 2.69. The first-order chi connectivity index (χ1) is 9.28. The molecule has 5 nitrogen and oxygen atoms in total. The van der Waals surface area contributed by atoms with Crippen LogP contribution < -0.4 is 5.32 Å². The van der Waals surface area contributed by atoms with Crippen LogP contribution in [-0.2, 0) is 13.6 Å². The number of aromatic nitrogens is 3. The van der Waals surface area contributed by atoms with E-state index in [0.717, 1.165) is 22.2 Å². The van der Waals surface area contributed by atoms with Crippen LogP contribution in [0.5, 0.6) is 0 Å². The fourth-order valence-corrected chi connectivity index (χ4v) is 2.16. The first-order valence-electron chi connectivity index (χ1n) is 5.99. The summed E-state index contributed by atoms with van der Waals surface area (Å²) in [7, 11) is 1.87. The van der Waals surface area contributed by atoms with Gasteiger partial charge in [-0.3, -0.25) is 5.10 Å². The van der Waals surface area contributed by atoms with E-state index in [1.807, 2.05) is 48.3 Å². The highest BCUT2D eigenvalue weighted by Crippen LogP contribution is 2.21. The molecule has 3 rings (SSSR count). The lowest BCUT2D eigenvalue weighted by Gasteiger charge is -2.05. The lowest BCUT2D eigenvalue weighted by molar-refractivity contribution is 0.902. The van der Waals surface area contributed by atoms with Crippen molar-refractivity contribution >= 4 is 16.6 Å². The Morgan fingerprint density at radius 1 is 1.47 bits per heavy atom. The molecule has 1 aromatic carbocycles. The molecule has 0 unspecified atom stereocenters. The summed E-state index contributed by atoms with van der Waals surface area (Å²) in [5, 5.41) is 20.3. The fourth-order valence-electron chi connectivity index (χ4n) is 2.16. The van der Waals surface area contributed by atoms with Gasteiger partial charge in [-0.25, -0.2) is 0 Å². The number of nitrogens with zero attached hydrogens (tertiary/aromatic N) is 3. The van der Waals surface area contributed by atoms with Crippen LogP contribution in [0.1, 0.15) is 11.3 Å². The Morgan fingerprint density at radius 2 is 2.37 bits per heavy atom. The molecule has 0 spiro atoms. The van der Waals surface area contributed by atoms with Crippen molar-refractivity contribution in [3.63, 3.8) is 0 Å². The highest BCUT2D eigenvalue weighted by Gasteiger charge is 2.04. The van der Waals surface area contributed by atoms with Crippen molar-refractivity contribution in [3.8, 4) is 6.07 Å². The standard InChI is InChI=1S/C14H13N5/c1-19-9-10(5-11(19)6-15)7-16-13-3-2-4-14-12(13)8-17-18-14/h2-5,8-9,16H,7H2,1H3,(H,17,18). The number of nitrogens with one attached hydrogen (secondary N) is 2. The maximum atomic E-state index is 8.93. The van der Waals surface area contributed by atoms with E-state index in [4.69, 9.17) is 5.26 Å². The molecule has 0 bridgehead atoms. The maximum absolute atomic E-state index is 8.93. The highest BCUT2D eigenvalue weighted by molar-refractivity contribution is 5.90. The molecule has 94 valence electrons. The van der Waals surface area contributed by atoms with Gasteiger partial charge in [0.25, 0.3) is 0 Å². The van der Waals surface area contributed by atoms with E-state index in [9.17, 15) is 0 Å². The molecule has 0 atom stereocenters. The molecule has 0 aliphatic carbocycles. The van der Waals surface area contributed by atoms with Crippen molar-refractivity contribution in [1.29, 1.82) is 5.26 Å². The van der Waals surface area contributed by atoms with Gasteiger partial charge >= 0.3 is 0 Å². The second-order valence-corrected chi connectivity index (χ2v) is 4.45. The molecule has 0 saturated carbocycles. The Bertz CT molecular complexity index is 760. The number of hydrogen-bond acceptors (Lipinski definition) is 3. The second-order valence-electron chi connectivity index (χ2n) is 4.45. The second kappa shape index (κ2) is 4.50. The minimum Gasteiger partial charge on any atom is -0.380 e. The number of benzene rings is 1. The number of aryl methyl sites for hydroxylation is 1. The van der Waals surface area contributed by atoms with Gasteiger partial charge in [0.1, 0.15) is 11.8 Å². The van der Waals surface area contributed by atoms with Crippen LogP contribution in [-0.4, -0.2) is 14.8 Å². The largest absolute Gasteiger partial charge is 0.380 e. The average molecular weight is 251 g/mol. The Labute approximate surface area is 110 Å². The normalized spacial score (nSPS) is 10.5. The maximum Gasteiger partial charge on any atom is 0.120 e. The van der Waals surface area contributed by atoms with E-state index in [-0.39, 0.29) is 0 Å². The molecule has 2 heterocycles. The summed E-state index contributed by atoms with van der Waals surface area (Å²) < 4.78 is 1.83. The Hall–Kier alpha value is -2.74. The quantitative estimate of drug-likeness (QED) is 0.751. The summed E-state index contributed by atoms with van der Waals surface area (Å²) in [5.41, 5.74) is 3.79. The summed E-state index contributed by atoms with van der Waals surface area (Å²) in [6, 6.07) is 10.0. The summed E-state index contributed by atoms with van der Waals surface area (Å²) in [5.74, 6) is 0. The number of hydrogen-bond donors (Lipinski definition) is 2. The zero-order chi connectivity index (χ0) is 13.2. The van der Waals surface area contributed by atoms with Crippen molar-refractivity contribution in [3.05, 3.63) is 47.9 Å². The van der Waals surface area contributed by atoms with Gasteiger partial charge in [0.05, 0.1) is 11.7 Å². The molecule has 0 radical (unpaired) electrons. The minimum absolute atomic E-state index is 0.665. The van der Waals surface area contributed by atoms with Crippen LogP contribution in [0.25, 0.3) is 10.9 Å². The summed E-state index contributed by atoms with van der Waals surface area (Å²) >= 11 is 0. The number of rotatable bonds is 3. The highest BCUT2D eigenvalue weighted by atomic mass is 15.1. The van der Waals surface area contributed by atoms with E-state index < -0.39 is 0 Å². The van der Waals surface area contributed by atoms with Gasteiger partial charge in [-0.1, -0.05) is 6.07 Å². The van der Waals surface area contributed by atoms with Gasteiger partial charge < -0.3 is 9.88 Å². The van der Waals surface area contributed by atoms with Crippen LogP contribution in [0.4, 0.5) is 5.69 Å². The molecule has 0 aliphatic heterocycles. The summed E-state index contributed by atoms with van der Waals surface area (Å²) in [6.07, 6.45) is 3.77. The summed E-state index contributed by atoms with van der Waals surface area (Å²) in [4.78, 5) is 0. The van der Waals surface area contributed by atoms with Gasteiger partial charge in [-0.05, 0) is 23.8 Å². The van der Waals surface area contributed by atoms with E-state index in [2.05, 4.69) is 21.6 Å². The van der Waals surface area contributed by atoms with Crippen molar-refractivity contribution in [2.24, 2.45) is 7.05 Å². The van der Waals surface area contributed by atoms with Crippen LogP contribution in [0, 0.1) is 11.3 Å². The van der Waals surface area contributed by atoms with Crippen LogP contribution in [0.2, 0.25) is 0 Å². The third-order valence-electron chi connectivity index (χ3n) is 3.14. The molecule has 2 N–H and O–H groups in total. The first-order valence-corrected chi connectivity index (χ1v) is 5.99. The van der Waals surface area contributed by atoms with Gasteiger partial charge in [0.2, 0.25) is 0 Å². The monoisotopic (exact) mass is 251 g/mol. The van der Waals surface area contributed by atoms with Gasteiger partial charge in [0, 0.05) is 30.9 Å². The van der Waals surface area contributed by atoms with Gasteiger partial charge in [-0.15, -0.1) is 0 Å². The molecule has 0 saturated heterocycles. The predicted octanol–water partition coefficient (Wildman–Crippen LogP) is 2.39. The lowest BCUT2D eigenvalue weighted by Crippen LogP contribution is -1.98. The third-order valence-corrected chi connectivity index (χ3v) is 3.14. The molecule has 0 amide bonds. The van der Waals surface area contributed by atoms with Crippen molar-refractivity contribution < 1.29 is 0 Å². The Morgan fingerprint density at radius 3 is 3.16 bits per heavy atom. The molecule has 5 heteroatoms. The molecule has 0 aliphatic rings. The van der Waals surface area contributed by atoms with Crippen LogP contribution in [0.15, 0.2) is 36.7 Å². The van der Waals surface area contributed by atoms with E-state index in [1.54, 1.807) is 0 Å². The number of H-pyrrole nitrogens is 1. The van der Waals surface area contributed by atoms with Gasteiger partial charge in [-0.2, -0.15) is 10.4 Å². The molecule has 0 fully saturated rings. The lowest BCUT2D eigenvalue weighted by atomic mass is 10.2. The molecule has 2 aromatic heterocycles. The summed E-state index contributed by atoms with van der Waals surface area (Å²) in [6.45, 7) is 0.680.